The fourth-order valence-corrected chi connectivity index (χ4v) is 16.8. The molecule has 0 aliphatic rings. The van der Waals surface area contributed by atoms with Gasteiger partial charge in [-0.05, 0) is 147 Å². The second kappa shape index (κ2) is 41.8. The number of benzene rings is 11. The number of nitriles is 1. The predicted molar refractivity (Wildman–Crippen MR) is 484 cm³/mol. The van der Waals surface area contributed by atoms with Gasteiger partial charge in [-0.3, -0.25) is 54.2 Å². The fourth-order valence-electron chi connectivity index (χ4n) is 16.1. The van der Waals surface area contributed by atoms with Crippen LogP contribution in [0.5, 0.6) is 0 Å². The molecule has 0 amide bonds. The molecule has 0 fully saturated rings. The van der Waals surface area contributed by atoms with Gasteiger partial charge in [0.25, 0.3) is 5.26 Å². The van der Waals surface area contributed by atoms with Crippen LogP contribution in [0.25, 0.3) is 168 Å². The van der Waals surface area contributed by atoms with Gasteiger partial charge < -0.3 is 45.5 Å². The average Bonchev–Trinajstić information content (AvgIpc) is 1.73. The van der Waals surface area contributed by atoms with Crippen molar-refractivity contribution in [3.05, 3.63) is 367 Å². The molecule has 0 N–H and O–H groups in total. The Hall–Kier alpha value is -13.0. The number of imidazole rings is 5. The first-order chi connectivity index (χ1) is 61.4. The van der Waals surface area contributed by atoms with E-state index in [2.05, 4.69) is 258 Å². The van der Waals surface area contributed by atoms with Crippen LogP contribution in [-0.2, 0) is 108 Å². The van der Waals surface area contributed by atoms with Crippen LogP contribution < -0.4 is 0 Å². The molecule has 0 spiro atoms. The Kier molecular flexibility index (Phi) is 30.5. The fraction of sp³-hybridized carbons (Fsp3) is 0.0980. The topological polar surface area (TPSA) is 243 Å². The van der Waals surface area contributed by atoms with E-state index in [0.717, 1.165) is 134 Å². The van der Waals surface area contributed by atoms with Gasteiger partial charge in [-0.1, -0.05) is 185 Å². The van der Waals surface area contributed by atoms with Crippen LogP contribution in [0.15, 0.2) is 287 Å². The van der Waals surface area contributed by atoms with Gasteiger partial charge in [-0.2, -0.15) is 9.65 Å². The van der Waals surface area contributed by atoms with Gasteiger partial charge in [-0.15, -0.1) is 65.9 Å². The molecule has 0 unspecified atom stereocenters. The summed E-state index contributed by atoms with van der Waals surface area (Å²) in [4.78, 5) is 47.9. The summed E-state index contributed by atoms with van der Waals surface area (Å²) in [5.41, 5.74) is 30.6. The van der Waals surface area contributed by atoms with Crippen LogP contribution >= 0.6 is 11.3 Å². The van der Waals surface area contributed by atoms with Gasteiger partial charge in [0.15, 0.2) is 25.6 Å². The summed E-state index contributed by atoms with van der Waals surface area (Å²) in [5, 5.41) is 8.38. The second-order valence-electron chi connectivity index (χ2n) is 30.0. The zero-order valence-corrected chi connectivity index (χ0v) is 84.3. The summed E-state index contributed by atoms with van der Waals surface area (Å²) in [6, 6.07) is 78.9. The molecule has 22 rings (SSSR count). The molecule has 29 heteroatoms. The molecule has 11 aromatic heterocycles. The SMILES string of the molecule is Cc1cc(-c2ccccc2)cc(C)c1-n1c(C)cnc1-c1[c-]ccc2sc(F)nc12.Cc1cc(C)c(-n2ccnc2-c2[c-]ncc3ocnc23)c(C)c1.Cc1cn(-c2c(C)cccc2C)c(-c2[c-]ccc3ocnc23)n1.Cn1cc(C#N)nc1-c1[c-]ccc2ocnc12.Fc1c[c-]c(-c2nccn2-c2c(-c3ccccc3)cccc2-c2ccccc2)c2ncoc12.[Ir].[Ir].[Ir].[Ir].[Ir]. The first-order valence-corrected chi connectivity index (χ1v) is 40.9. The molecule has 0 atom stereocenters. The van der Waals surface area contributed by atoms with Crippen molar-refractivity contribution in [2.75, 3.05) is 0 Å². The van der Waals surface area contributed by atoms with Crippen LogP contribution in [0.3, 0.4) is 0 Å². The minimum absolute atomic E-state index is 0. The summed E-state index contributed by atoms with van der Waals surface area (Å²) in [6.45, 7) is 18.8. The standard InChI is InChI=1S/C28H17FN3O.C25H19FN3S.C19H16N3O.C18H15N4O.C12H7N4O.5Ir/c29-24-15-14-23(25-27(24)33-18-31-25)28-30-16-17-32(28)26-21(19-8-3-1-4-9-19)12-7-13-22(26)20-10-5-2-6-11-20;1-15-12-19(18-8-5-4-6-9-18)13-16(2)23(15)29-17(3)14-27-24(29)20-10-7-11-21-22(20)28-25(26)30-21;1-12-6-4-7-13(2)18(12)22-10-14(3)21-19(22)15-8-5-9-16-17(15)20-11-23-16;1-11-6-12(2)17(13(3)7-11)22-5-4-20-18(22)14-8-19-9-15-16(14)21-10-23-15;1-16-6-8(5-13)15-12(16)9-3-2-4-10-11(9)14-7-17-10;;;;;/h1-13,15-18H;4-9,11-14H,1-3H3;4-7,9-11H,1-3H3;4-7,9-10H,1-3H3;2,4,6-7H,1H3;;;;;/q5*-1;;;;;. The number of rotatable bonds is 12. The average molecular weight is 2630 g/mol. The van der Waals surface area contributed by atoms with Crippen molar-refractivity contribution in [2.24, 2.45) is 7.05 Å². The molecule has 661 valence electrons. The number of para-hydroxylation sites is 2. The maximum Gasteiger partial charge on any atom is 0.259 e. The van der Waals surface area contributed by atoms with Crippen molar-refractivity contribution < 1.29 is 127 Å². The van der Waals surface area contributed by atoms with Crippen molar-refractivity contribution in [3.8, 4) is 119 Å². The summed E-state index contributed by atoms with van der Waals surface area (Å²) >= 11 is 1.04. The van der Waals surface area contributed by atoms with E-state index in [4.69, 9.17) is 27.9 Å². The van der Waals surface area contributed by atoms with Crippen molar-refractivity contribution in [1.29, 1.82) is 5.26 Å². The number of nitrogens with zero attached hydrogens (tertiary/aromatic N) is 17. The third-order valence-corrected chi connectivity index (χ3v) is 22.3. The molecule has 0 aliphatic heterocycles. The normalized spacial score (nSPS) is 10.7. The summed E-state index contributed by atoms with van der Waals surface area (Å²) in [5.74, 6) is 3.07. The number of aromatic nitrogens is 16. The first-order valence-electron chi connectivity index (χ1n) is 40.1. The Labute approximate surface area is 823 Å². The largest absolute Gasteiger partial charge is 0.464 e. The molecule has 21 nitrogen and oxygen atoms in total. The Balaban J connectivity index is 0.000000140. The molecule has 5 radical (unpaired) electrons. The molecular formula is C102H74F2Ir5N17O4S-5. The number of hydrogen-bond donors (Lipinski definition) is 0. The molecular weight excluding hydrogens is 2560 g/mol. The Morgan fingerprint density at radius 1 is 0.405 bits per heavy atom. The molecule has 11 aromatic carbocycles. The van der Waals surface area contributed by atoms with E-state index in [9.17, 15) is 8.78 Å². The summed E-state index contributed by atoms with van der Waals surface area (Å²) in [7, 11) is 1.83. The van der Waals surface area contributed by atoms with Crippen molar-refractivity contribution in [1.82, 2.24) is 77.7 Å². The van der Waals surface area contributed by atoms with Crippen LogP contribution in [-0.4, -0.2) is 77.7 Å². The molecule has 131 heavy (non-hydrogen) atoms. The Morgan fingerprint density at radius 3 is 1.49 bits per heavy atom. The van der Waals surface area contributed by atoms with E-state index in [1.165, 1.54) is 70.6 Å². The van der Waals surface area contributed by atoms with Gasteiger partial charge in [0, 0.05) is 218 Å². The molecule has 0 aliphatic carbocycles. The van der Waals surface area contributed by atoms with Crippen LogP contribution in [0, 0.1) is 115 Å². The van der Waals surface area contributed by atoms with Crippen molar-refractivity contribution in [3.63, 3.8) is 0 Å². The van der Waals surface area contributed by atoms with E-state index in [0.29, 0.717) is 56.2 Å². The minimum Gasteiger partial charge on any atom is -0.464 e. The predicted octanol–water partition coefficient (Wildman–Crippen LogP) is 23.7. The van der Waals surface area contributed by atoms with Gasteiger partial charge >= 0.3 is 0 Å². The second-order valence-corrected chi connectivity index (χ2v) is 31.0. The van der Waals surface area contributed by atoms with Crippen LogP contribution in [0.1, 0.15) is 56.0 Å². The smallest absolute Gasteiger partial charge is 0.259 e. The molecule has 0 saturated heterocycles. The Morgan fingerprint density at radius 2 is 0.901 bits per heavy atom. The number of aryl methyl sites for hydroxylation is 10. The molecule has 0 bridgehead atoms. The summed E-state index contributed by atoms with van der Waals surface area (Å²) < 4.78 is 60.2. The summed E-state index contributed by atoms with van der Waals surface area (Å²) in [6.07, 6.45) is 23.1. The maximum absolute atomic E-state index is 14.2. The van der Waals surface area contributed by atoms with Crippen LogP contribution in [0.4, 0.5) is 8.78 Å². The van der Waals surface area contributed by atoms with Gasteiger partial charge in [0.2, 0.25) is 0 Å². The van der Waals surface area contributed by atoms with Gasteiger partial charge in [-0.25, -0.2) is 0 Å². The molecule has 22 aromatic rings. The number of fused-ring (bicyclic) bond motifs is 5. The van der Waals surface area contributed by atoms with Gasteiger partial charge in [0.1, 0.15) is 17.3 Å². The number of oxazole rings is 4. The first kappa shape index (κ1) is 95.6. The monoisotopic (exact) mass is 2640 g/mol. The van der Waals surface area contributed by atoms with E-state index < -0.39 is 11.1 Å². The zero-order chi connectivity index (χ0) is 86.8. The molecule has 0 saturated carbocycles. The number of hydrogen-bond acceptors (Lipinski definition) is 17. The molecule has 11 heterocycles. The number of halogens is 2. The van der Waals surface area contributed by atoms with E-state index >= 15 is 0 Å². The Bertz CT molecular complexity index is 7720. The quantitative estimate of drug-likeness (QED) is 0.103. The van der Waals surface area contributed by atoms with E-state index in [-0.39, 0.29) is 106 Å². The van der Waals surface area contributed by atoms with E-state index in [1.54, 1.807) is 41.5 Å². The zero-order valence-electron chi connectivity index (χ0n) is 71.5. The van der Waals surface area contributed by atoms with Gasteiger partial charge in [0.05, 0.1) is 57.4 Å². The number of thiazole rings is 1. The van der Waals surface area contributed by atoms with Crippen molar-refractivity contribution in [2.45, 2.75) is 62.3 Å². The number of pyridine rings is 1. The van der Waals surface area contributed by atoms with E-state index in [1.807, 2.05) is 117 Å². The van der Waals surface area contributed by atoms with Crippen molar-refractivity contribution >= 4 is 66.0 Å². The maximum atomic E-state index is 14.2. The minimum atomic E-state index is -0.501. The van der Waals surface area contributed by atoms with Crippen LogP contribution in [0.2, 0.25) is 0 Å². The third kappa shape index (κ3) is 19.3. The third-order valence-electron chi connectivity index (χ3n) is 21.4.